The number of fused-ring (bicyclic) bond motifs is 1. The van der Waals surface area contributed by atoms with Gasteiger partial charge in [0.15, 0.2) is 11.9 Å². The summed E-state index contributed by atoms with van der Waals surface area (Å²) >= 11 is 7.17. The molecule has 0 unspecified atom stereocenters. The molecule has 0 bridgehead atoms. The number of aromatic nitrogens is 4. The highest BCUT2D eigenvalue weighted by Gasteiger charge is 2.50. The van der Waals surface area contributed by atoms with Crippen LogP contribution in [0.25, 0.3) is 22.0 Å². The maximum absolute atomic E-state index is 12.6. The third kappa shape index (κ3) is 4.12. The molecule has 5 fully saturated rings. The van der Waals surface area contributed by atoms with Crippen LogP contribution in [0.1, 0.15) is 49.4 Å². The minimum Gasteiger partial charge on any atom is -0.378 e. The Morgan fingerprint density at radius 1 is 1.07 bits per heavy atom. The van der Waals surface area contributed by atoms with Gasteiger partial charge in [0.25, 0.3) is 5.91 Å². The van der Waals surface area contributed by atoms with Crippen molar-refractivity contribution in [1.82, 2.24) is 29.8 Å². The topological polar surface area (TPSA) is 95.1 Å². The van der Waals surface area contributed by atoms with Crippen molar-refractivity contribution in [2.24, 2.45) is 0 Å². The van der Waals surface area contributed by atoms with Crippen molar-refractivity contribution in [3.8, 4) is 11.1 Å². The molecule has 10 nitrogen and oxygen atoms in total. The van der Waals surface area contributed by atoms with Gasteiger partial charge in [-0.15, -0.1) is 0 Å². The Labute approximate surface area is 244 Å². The van der Waals surface area contributed by atoms with Gasteiger partial charge in [0, 0.05) is 54.9 Å². The third-order valence-electron chi connectivity index (χ3n) is 10.3. The molecule has 1 atom stereocenters. The number of rotatable bonds is 5. The van der Waals surface area contributed by atoms with E-state index in [1.54, 1.807) is 0 Å². The van der Waals surface area contributed by atoms with Crippen LogP contribution in [0.5, 0.6) is 0 Å². The van der Waals surface area contributed by atoms with E-state index in [-0.39, 0.29) is 23.6 Å². The number of ether oxygens (including phenoxy) is 2. The Hall–Kier alpha value is -2.66. The fourth-order valence-corrected chi connectivity index (χ4v) is 7.86. The summed E-state index contributed by atoms with van der Waals surface area (Å²) in [5, 5.41) is 14.8. The summed E-state index contributed by atoms with van der Waals surface area (Å²) in [6.07, 6.45) is 7.03. The van der Waals surface area contributed by atoms with Crippen LogP contribution in [-0.4, -0.2) is 106 Å². The lowest BCUT2D eigenvalue weighted by molar-refractivity contribution is -0.133. The molecule has 4 aliphatic heterocycles. The first-order chi connectivity index (χ1) is 19.9. The number of H-pyrrole nitrogens is 1. The summed E-state index contributed by atoms with van der Waals surface area (Å²) in [6, 6.07) is 2.84. The fourth-order valence-electron chi connectivity index (χ4n) is 7.61. The monoisotopic (exact) mass is 579 g/mol. The fraction of sp³-hybridized carbons (Fsp3) is 0.633. The number of halogens is 1. The lowest BCUT2D eigenvalue weighted by atomic mass is 9.73. The third-order valence-corrected chi connectivity index (χ3v) is 10.8. The maximum Gasteiger partial charge on any atom is 0.254 e. The van der Waals surface area contributed by atoms with Crippen LogP contribution in [0.15, 0.2) is 12.3 Å². The molecule has 4 saturated heterocycles. The number of piperidine rings is 1. The van der Waals surface area contributed by atoms with Crippen molar-refractivity contribution >= 4 is 34.2 Å². The molecule has 1 aromatic carbocycles. The highest BCUT2D eigenvalue weighted by Crippen LogP contribution is 2.49. The number of carbonyl (C=O) groups is 1. The number of hydrogen-bond acceptors (Lipinski definition) is 7. The molecule has 1 amide bonds. The standard InChI is InChI=1S/C30H38ClN7O3/c1-18-12-23-22(13-32-33-23)26(27(18)31)25-19(2)38(20-4-8-35(9-5-20)29(39)24-16-41-24)34-28(25)37-11-10-36(21-14-40-15-21)17-30(37)6-3-7-30/h12-13,20-21,24H,3-11,14-17H2,1-2H3,(H,32,33)/t24-/m0/s1. The minimum atomic E-state index is -0.221. The molecule has 6 heterocycles. The Bertz CT molecular complexity index is 1500. The van der Waals surface area contributed by atoms with Crippen LogP contribution < -0.4 is 4.90 Å². The molecular formula is C30H38ClN7O3. The number of nitrogens with one attached hydrogen (secondary N) is 1. The smallest absolute Gasteiger partial charge is 0.254 e. The van der Waals surface area contributed by atoms with Crippen molar-refractivity contribution in [3.63, 3.8) is 0 Å². The van der Waals surface area contributed by atoms with Gasteiger partial charge in [0.1, 0.15) is 0 Å². The Balaban J connectivity index is 1.21. The second-order valence-electron chi connectivity index (χ2n) is 12.7. The van der Waals surface area contributed by atoms with Gasteiger partial charge in [0.2, 0.25) is 0 Å². The van der Waals surface area contributed by atoms with E-state index in [9.17, 15) is 4.79 Å². The lowest BCUT2D eigenvalue weighted by Gasteiger charge is -2.58. The maximum atomic E-state index is 12.6. The van der Waals surface area contributed by atoms with E-state index in [0.29, 0.717) is 12.6 Å². The second kappa shape index (κ2) is 9.69. The second-order valence-corrected chi connectivity index (χ2v) is 13.1. The number of anilines is 1. The number of epoxide rings is 1. The predicted octanol–water partition coefficient (Wildman–Crippen LogP) is 3.70. The molecule has 41 heavy (non-hydrogen) atoms. The Morgan fingerprint density at radius 3 is 2.51 bits per heavy atom. The zero-order valence-electron chi connectivity index (χ0n) is 23.9. The van der Waals surface area contributed by atoms with Gasteiger partial charge in [-0.05, 0) is 57.6 Å². The number of aromatic amines is 1. The van der Waals surface area contributed by atoms with Crippen molar-refractivity contribution in [2.75, 3.05) is 57.4 Å². The number of carbonyl (C=O) groups excluding carboxylic acids is 1. The van der Waals surface area contributed by atoms with Crippen molar-refractivity contribution < 1.29 is 14.3 Å². The number of piperazine rings is 1. The zero-order chi connectivity index (χ0) is 27.9. The van der Waals surface area contributed by atoms with E-state index in [4.69, 9.17) is 26.2 Å². The summed E-state index contributed by atoms with van der Waals surface area (Å²) in [6.45, 7) is 11.0. The van der Waals surface area contributed by atoms with Crippen LogP contribution in [0.2, 0.25) is 5.02 Å². The first-order valence-electron chi connectivity index (χ1n) is 15.1. The molecule has 11 heteroatoms. The van der Waals surface area contributed by atoms with Crippen LogP contribution in [0.4, 0.5) is 5.82 Å². The van der Waals surface area contributed by atoms with Gasteiger partial charge in [-0.25, -0.2) is 0 Å². The number of aryl methyl sites for hydroxylation is 1. The van der Waals surface area contributed by atoms with Crippen molar-refractivity contribution in [2.45, 2.75) is 69.7 Å². The molecule has 1 saturated carbocycles. The van der Waals surface area contributed by atoms with E-state index in [1.165, 1.54) is 19.3 Å². The molecule has 1 spiro atoms. The predicted molar refractivity (Wildman–Crippen MR) is 156 cm³/mol. The summed E-state index contributed by atoms with van der Waals surface area (Å²) in [4.78, 5) is 19.9. The van der Waals surface area contributed by atoms with E-state index in [0.717, 1.165) is 103 Å². The number of hydrogen-bond donors (Lipinski definition) is 1. The van der Waals surface area contributed by atoms with E-state index < -0.39 is 0 Å². The van der Waals surface area contributed by atoms with Crippen molar-refractivity contribution in [1.29, 1.82) is 0 Å². The van der Waals surface area contributed by atoms with Gasteiger partial charge < -0.3 is 19.3 Å². The van der Waals surface area contributed by atoms with Gasteiger partial charge in [0.05, 0.1) is 54.2 Å². The SMILES string of the molecule is Cc1cc2[nH]ncc2c(-c2c(N3CCN(C4COC4)CC34CCC4)nn(C3CCN(C(=O)[C@@H]4CO4)CC3)c2C)c1Cl. The minimum absolute atomic E-state index is 0.0834. The normalized spacial score (nSPS) is 25.1. The molecule has 5 aliphatic rings. The quantitative estimate of drug-likeness (QED) is 0.461. The average Bonchev–Trinajstić information content (AvgIpc) is 3.59. The van der Waals surface area contributed by atoms with Gasteiger partial charge >= 0.3 is 0 Å². The Kier molecular flexibility index (Phi) is 6.15. The van der Waals surface area contributed by atoms with Crippen LogP contribution in [0, 0.1) is 13.8 Å². The van der Waals surface area contributed by atoms with Crippen molar-refractivity contribution in [3.05, 3.63) is 28.5 Å². The lowest BCUT2D eigenvalue weighted by Crippen LogP contribution is -2.69. The van der Waals surface area contributed by atoms with Gasteiger partial charge in [-0.2, -0.15) is 10.2 Å². The largest absolute Gasteiger partial charge is 0.378 e. The summed E-state index contributed by atoms with van der Waals surface area (Å²) in [5.41, 5.74) is 5.38. The van der Waals surface area contributed by atoms with Crippen LogP contribution >= 0.6 is 11.6 Å². The summed E-state index contributed by atoms with van der Waals surface area (Å²) < 4.78 is 13.1. The van der Waals surface area contributed by atoms with Crippen LogP contribution in [-0.2, 0) is 14.3 Å². The summed E-state index contributed by atoms with van der Waals surface area (Å²) in [7, 11) is 0. The number of nitrogens with zero attached hydrogens (tertiary/aromatic N) is 6. The molecule has 0 radical (unpaired) electrons. The molecular weight excluding hydrogens is 542 g/mol. The number of benzene rings is 1. The summed E-state index contributed by atoms with van der Waals surface area (Å²) in [5.74, 6) is 1.18. The molecule has 1 N–H and O–H groups in total. The zero-order valence-corrected chi connectivity index (χ0v) is 24.6. The molecule has 218 valence electrons. The van der Waals surface area contributed by atoms with E-state index >= 15 is 0 Å². The Morgan fingerprint density at radius 2 is 1.85 bits per heavy atom. The average molecular weight is 580 g/mol. The van der Waals surface area contributed by atoms with E-state index in [2.05, 4.69) is 44.6 Å². The molecule has 3 aromatic rings. The van der Waals surface area contributed by atoms with Gasteiger partial charge in [-0.3, -0.25) is 19.5 Å². The first kappa shape index (κ1) is 26.0. The highest BCUT2D eigenvalue weighted by atomic mass is 35.5. The molecule has 2 aromatic heterocycles. The highest BCUT2D eigenvalue weighted by molar-refractivity contribution is 6.36. The number of likely N-dealkylation sites (tertiary alicyclic amines) is 1. The molecule has 1 aliphatic carbocycles. The van der Waals surface area contributed by atoms with Gasteiger partial charge in [-0.1, -0.05) is 11.6 Å². The van der Waals surface area contributed by atoms with E-state index in [1.807, 2.05) is 11.1 Å². The molecule has 8 rings (SSSR count). The number of amides is 1. The van der Waals surface area contributed by atoms with Crippen LogP contribution in [0.3, 0.4) is 0 Å². The first-order valence-corrected chi connectivity index (χ1v) is 15.5.